The monoisotopic (exact) mass is 330 g/mol. The zero-order valence-corrected chi connectivity index (χ0v) is 15.8. The van der Waals surface area contributed by atoms with E-state index in [2.05, 4.69) is 62.6 Å². The van der Waals surface area contributed by atoms with Crippen molar-refractivity contribution in [2.75, 3.05) is 13.1 Å². The maximum atomic E-state index is 12.6. The fourth-order valence-corrected chi connectivity index (χ4v) is 3.94. The number of rotatable bonds is 7. The Balaban J connectivity index is 1.95. The van der Waals surface area contributed by atoms with Crippen LogP contribution in [0.3, 0.4) is 0 Å². The normalized spacial score (nSPS) is 21.1. The summed E-state index contributed by atoms with van der Waals surface area (Å²) in [5.74, 6) is 1.27. The third-order valence-electron chi connectivity index (χ3n) is 5.78. The molecule has 1 saturated heterocycles. The Bertz CT molecular complexity index is 506. The Morgan fingerprint density at radius 3 is 2.62 bits per heavy atom. The molecule has 134 valence electrons. The molecule has 0 aliphatic carbocycles. The van der Waals surface area contributed by atoms with E-state index in [0.717, 1.165) is 19.5 Å². The van der Waals surface area contributed by atoms with Gasteiger partial charge in [-0.2, -0.15) is 0 Å². The van der Waals surface area contributed by atoms with Crippen LogP contribution in [0.2, 0.25) is 0 Å². The number of nitrogens with one attached hydrogen (secondary N) is 2. The van der Waals surface area contributed by atoms with Crippen molar-refractivity contribution in [2.24, 2.45) is 11.8 Å². The highest BCUT2D eigenvalue weighted by atomic mass is 16.1. The lowest BCUT2D eigenvalue weighted by atomic mass is 9.76. The maximum Gasteiger partial charge on any atom is 0.220 e. The standard InChI is InChI=1S/C21H34N2O/c1-5-19(21(3,4)18-11-7-6-8-12-18)23-20(24)14-16(2)17-10-9-13-22-15-17/h6-8,11-12,16-17,19,22H,5,9-10,13-15H2,1-4H3,(H,23,24). The molecule has 0 radical (unpaired) electrons. The van der Waals surface area contributed by atoms with E-state index in [0.29, 0.717) is 18.3 Å². The molecule has 1 fully saturated rings. The number of hydrogen-bond donors (Lipinski definition) is 2. The molecule has 24 heavy (non-hydrogen) atoms. The molecule has 3 atom stereocenters. The first-order chi connectivity index (χ1) is 11.4. The lowest BCUT2D eigenvalue weighted by Crippen LogP contribution is -2.47. The Labute approximate surface area is 147 Å². The molecule has 1 aliphatic heterocycles. The lowest BCUT2D eigenvalue weighted by Gasteiger charge is -2.36. The van der Waals surface area contributed by atoms with Gasteiger partial charge in [0.1, 0.15) is 0 Å². The zero-order chi connectivity index (χ0) is 17.6. The van der Waals surface area contributed by atoms with Crippen LogP contribution in [0, 0.1) is 11.8 Å². The van der Waals surface area contributed by atoms with Crippen molar-refractivity contribution in [3.05, 3.63) is 35.9 Å². The molecule has 0 spiro atoms. The molecule has 1 aromatic carbocycles. The second kappa shape index (κ2) is 8.66. The summed E-state index contributed by atoms with van der Waals surface area (Å²) in [5, 5.41) is 6.77. The molecule has 0 saturated carbocycles. The molecule has 3 unspecified atom stereocenters. The SMILES string of the molecule is CCC(NC(=O)CC(C)C1CCCNC1)C(C)(C)c1ccccc1. The van der Waals surface area contributed by atoms with Crippen molar-refractivity contribution in [3.63, 3.8) is 0 Å². The summed E-state index contributed by atoms with van der Waals surface area (Å²) in [6.45, 7) is 11.0. The van der Waals surface area contributed by atoms with Crippen molar-refractivity contribution >= 4 is 5.91 Å². The van der Waals surface area contributed by atoms with E-state index >= 15 is 0 Å². The van der Waals surface area contributed by atoms with Crippen LogP contribution in [-0.2, 0) is 10.2 Å². The largest absolute Gasteiger partial charge is 0.353 e. The summed E-state index contributed by atoms with van der Waals surface area (Å²) < 4.78 is 0. The highest BCUT2D eigenvalue weighted by Crippen LogP contribution is 2.29. The van der Waals surface area contributed by atoms with Crippen LogP contribution in [0.5, 0.6) is 0 Å². The van der Waals surface area contributed by atoms with Gasteiger partial charge in [0.25, 0.3) is 0 Å². The number of carbonyl (C=O) groups is 1. The second-order valence-electron chi connectivity index (χ2n) is 7.90. The summed E-state index contributed by atoms with van der Waals surface area (Å²) in [6.07, 6.45) is 4.05. The van der Waals surface area contributed by atoms with Crippen LogP contribution in [0.15, 0.2) is 30.3 Å². The van der Waals surface area contributed by atoms with Crippen molar-refractivity contribution < 1.29 is 4.79 Å². The average molecular weight is 331 g/mol. The van der Waals surface area contributed by atoms with Gasteiger partial charge in [0, 0.05) is 17.9 Å². The molecular formula is C21H34N2O. The van der Waals surface area contributed by atoms with Gasteiger partial charge in [-0.1, -0.05) is 58.0 Å². The topological polar surface area (TPSA) is 41.1 Å². The molecule has 1 heterocycles. The van der Waals surface area contributed by atoms with Crippen LogP contribution >= 0.6 is 0 Å². The van der Waals surface area contributed by atoms with Crippen LogP contribution in [0.1, 0.15) is 58.9 Å². The number of carbonyl (C=O) groups excluding carboxylic acids is 1. The van der Waals surface area contributed by atoms with Crippen molar-refractivity contribution in [2.45, 2.75) is 64.8 Å². The summed E-state index contributed by atoms with van der Waals surface area (Å²) in [5.41, 5.74) is 1.21. The molecule has 2 rings (SSSR count). The molecule has 1 aliphatic rings. The number of hydrogen-bond acceptors (Lipinski definition) is 2. The molecule has 0 aromatic heterocycles. The summed E-state index contributed by atoms with van der Waals surface area (Å²) in [7, 11) is 0. The molecule has 0 bridgehead atoms. The van der Waals surface area contributed by atoms with Gasteiger partial charge in [-0.05, 0) is 49.8 Å². The minimum atomic E-state index is -0.0682. The van der Waals surface area contributed by atoms with E-state index in [1.807, 2.05) is 6.07 Å². The second-order valence-corrected chi connectivity index (χ2v) is 7.90. The van der Waals surface area contributed by atoms with Crippen molar-refractivity contribution in [1.29, 1.82) is 0 Å². The van der Waals surface area contributed by atoms with Gasteiger partial charge >= 0.3 is 0 Å². The number of piperidine rings is 1. The van der Waals surface area contributed by atoms with Gasteiger partial charge in [-0.15, -0.1) is 0 Å². The van der Waals surface area contributed by atoms with Gasteiger partial charge < -0.3 is 10.6 Å². The van der Waals surface area contributed by atoms with Gasteiger partial charge in [0.2, 0.25) is 5.91 Å². The van der Waals surface area contributed by atoms with E-state index in [-0.39, 0.29) is 17.4 Å². The van der Waals surface area contributed by atoms with Crippen LogP contribution in [0.4, 0.5) is 0 Å². The van der Waals surface area contributed by atoms with Gasteiger partial charge in [0.15, 0.2) is 0 Å². The average Bonchev–Trinajstić information content (AvgIpc) is 2.61. The molecule has 3 nitrogen and oxygen atoms in total. The first kappa shape index (κ1) is 19.0. The van der Waals surface area contributed by atoms with E-state index < -0.39 is 0 Å². The lowest BCUT2D eigenvalue weighted by molar-refractivity contribution is -0.123. The third-order valence-corrected chi connectivity index (χ3v) is 5.78. The van der Waals surface area contributed by atoms with Gasteiger partial charge in [-0.25, -0.2) is 0 Å². The summed E-state index contributed by atoms with van der Waals surface area (Å²) >= 11 is 0. The summed E-state index contributed by atoms with van der Waals surface area (Å²) in [4.78, 5) is 12.6. The van der Waals surface area contributed by atoms with E-state index in [1.165, 1.54) is 18.4 Å². The van der Waals surface area contributed by atoms with Crippen molar-refractivity contribution in [3.8, 4) is 0 Å². The highest BCUT2D eigenvalue weighted by molar-refractivity contribution is 5.76. The van der Waals surface area contributed by atoms with E-state index in [4.69, 9.17) is 0 Å². The molecule has 2 N–H and O–H groups in total. The van der Waals surface area contributed by atoms with Crippen LogP contribution in [0.25, 0.3) is 0 Å². The van der Waals surface area contributed by atoms with Crippen molar-refractivity contribution in [1.82, 2.24) is 10.6 Å². The van der Waals surface area contributed by atoms with E-state index in [1.54, 1.807) is 0 Å². The van der Waals surface area contributed by atoms with Gasteiger partial charge in [-0.3, -0.25) is 4.79 Å². The molecule has 3 heteroatoms. The predicted molar refractivity (Wildman–Crippen MR) is 101 cm³/mol. The first-order valence-electron chi connectivity index (χ1n) is 9.50. The number of benzene rings is 1. The fraction of sp³-hybridized carbons (Fsp3) is 0.667. The maximum absolute atomic E-state index is 12.6. The Hall–Kier alpha value is -1.35. The highest BCUT2D eigenvalue weighted by Gasteiger charge is 2.32. The molecular weight excluding hydrogens is 296 g/mol. The Morgan fingerprint density at radius 1 is 1.33 bits per heavy atom. The quantitative estimate of drug-likeness (QED) is 0.796. The smallest absolute Gasteiger partial charge is 0.220 e. The van der Waals surface area contributed by atoms with E-state index in [9.17, 15) is 4.79 Å². The fourth-order valence-electron chi connectivity index (χ4n) is 3.94. The predicted octanol–water partition coefficient (Wildman–Crippen LogP) is 3.88. The molecule has 1 aromatic rings. The Kier molecular flexibility index (Phi) is 6.85. The zero-order valence-electron chi connectivity index (χ0n) is 15.8. The number of amides is 1. The summed E-state index contributed by atoms with van der Waals surface area (Å²) in [6, 6.07) is 10.7. The minimum Gasteiger partial charge on any atom is -0.353 e. The molecule has 1 amide bonds. The van der Waals surface area contributed by atoms with Gasteiger partial charge in [0.05, 0.1) is 0 Å². The Morgan fingerprint density at radius 2 is 2.04 bits per heavy atom. The third kappa shape index (κ3) is 4.83. The minimum absolute atomic E-state index is 0.0682. The van der Waals surface area contributed by atoms with Crippen LogP contribution in [-0.4, -0.2) is 25.0 Å². The first-order valence-corrected chi connectivity index (χ1v) is 9.50. The van der Waals surface area contributed by atoms with Crippen LogP contribution < -0.4 is 10.6 Å².